The normalized spacial score (nSPS) is 12.1. The number of ether oxygens (including phenoxy) is 1. The summed E-state index contributed by atoms with van der Waals surface area (Å²) in [5.74, 6) is 0.679. The van der Waals surface area contributed by atoms with E-state index in [1.54, 1.807) is 6.07 Å². The molecule has 2 aromatic rings. The van der Waals surface area contributed by atoms with Crippen molar-refractivity contribution in [3.8, 4) is 5.75 Å². The van der Waals surface area contributed by atoms with Crippen molar-refractivity contribution in [1.29, 1.82) is 0 Å². The van der Waals surface area contributed by atoms with Crippen molar-refractivity contribution in [2.24, 2.45) is 0 Å². The molecule has 0 amide bonds. The molecule has 1 unspecified atom stereocenters. The summed E-state index contributed by atoms with van der Waals surface area (Å²) in [7, 11) is 0. The van der Waals surface area contributed by atoms with Crippen molar-refractivity contribution in [3.05, 3.63) is 47.1 Å². The molecular formula is C12H12ClN3O. The molecule has 0 saturated heterocycles. The highest BCUT2D eigenvalue weighted by molar-refractivity contribution is 6.29. The molecule has 0 aliphatic carbocycles. The molecular weight excluding hydrogens is 238 g/mol. The van der Waals surface area contributed by atoms with Crippen molar-refractivity contribution in [2.45, 2.75) is 13.0 Å². The van der Waals surface area contributed by atoms with Crippen LogP contribution in [0.5, 0.6) is 5.75 Å². The highest BCUT2D eigenvalue weighted by Crippen LogP contribution is 2.26. The SMILES string of the molecule is CC(Oc1cc(Cl)nnc1N)c1ccccc1. The number of hydrogen-bond acceptors (Lipinski definition) is 4. The molecule has 4 nitrogen and oxygen atoms in total. The largest absolute Gasteiger partial charge is 0.482 e. The zero-order valence-corrected chi connectivity index (χ0v) is 10.1. The molecule has 0 aliphatic heterocycles. The first kappa shape index (κ1) is 11.7. The van der Waals surface area contributed by atoms with Gasteiger partial charge in [-0.1, -0.05) is 41.9 Å². The Morgan fingerprint density at radius 3 is 2.65 bits per heavy atom. The topological polar surface area (TPSA) is 61.0 Å². The lowest BCUT2D eigenvalue weighted by atomic mass is 10.1. The van der Waals surface area contributed by atoms with E-state index < -0.39 is 0 Å². The van der Waals surface area contributed by atoms with Crippen LogP contribution in [0.4, 0.5) is 5.82 Å². The molecule has 0 aliphatic rings. The summed E-state index contributed by atoms with van der Waals surface area (Å²) in [4.78, 5) is 0. The lowest BCUT2D eigenvalue weighted by Gasteiger charge is -2.15. The monoisotopic (exact) mass is 249 g/mol. The number of nitrogen functional groups attached to an aromatic ring is 1. The second-order valence-corrected chi connectivity index (χ2v) is 3.97. The summed E-state index contributed by atoms with van der Waals surface area (Å²) in [6.45, 7) is 1.93. The Balaban J connectivity index is 2.18. The molecule has 1 aromatic heterocycles. The van der Waals surface area contributed by atoms with Gasteiger partial charge < -0.3 is 10.5 Å². The van der Waals surface area contributed by atoms with Crippen molar-refractivity contribution in [2.75, 3.05) is 5.73 Å². The van der Waals surface area contributed by atoms with Crippen LogP contribution in [0, 0.1) is 0 Å². The first-order chi connectivity index (χ1) is 8.16. The number of halogens is 1. The molecule has 1 aromatic carbocycles. The smallest absolute Gasteiger partial charge is 0.188 e. The molecule has 2 rings (SSSR count). The van der Waals surface area contributed by atoms with Crippen molar-refractivity contribution in [1.82, 2.24) is 10.2 Å². The Morgan fingerprint density at radius 1 is 1.24 bits per heavy atom. The minimum absolute atomic E-state index is 0.126. The van der Waals surface area contributed by atoms with Crippen molar-refractivity contribution in [3.63, 3.8) is 0 Å². The van der Waals surface area contributed by atoms with E-state index in [4.69, 9.17) is 22.1 Å². The molecule has 0 bridgehead atoms. The van der Waals surface area contributed by atoms with Gasteiger partial charge >= 0.3 is 0 Å². The van der Waals surface area contributed by atoms with Crippen LogP contribution in [0.3, 0.4) is 0 Å². The number of hydrogen-bond donors (Lipinski definition) is 1. The van der Waals surface area contributed by atoms with Gasteiger partial charge in [0.1, 0.15) is 6.10 Å². The van der Waals surface area contributed by atoms with Crippen LogP contribution < -0.4 is 10.5 Å². The maximum atomic E-state index is 5.74. The van der Waals surface area contributed by atoms with Gasteiger partial charge in [-0.05, 0) is 12.5 Å². The maximum Gasteiger partial charge on any atom is 0.188 e. The summed E-state index contributed by atoms with van der Waals surface area (Å²) >= 11 is 5.74. The fourth-order valence-electron chi connectivity index (χ4n) is 1.44. The van der Waals surface area contributed by atoms with Gasteiger partial charge in [-0.2, -0.15) is 0 Å². The van der Waals surface area contributed by atoms with E-state index in [1.165, 1.54) is 0 Å². The average Bonchev–Trinajstić information content (AvgIpc) is 2.35. The van der Waals surface area contributed by atoms with Gasteiger partial charge in [-0.25, -0.2) is 0 Å². The number of benzene rings is 1. The van der Waals surface area contributed by atoms with Crippen LogP contribution in [-0.4, -0.2) is 10.2 Å². The van der Waals surface area contributed by atoms with Crippen LogP contribution in [0.15, 0.2) is 36.4 Å². The van der Waals surface area contributed by atoms with Gasteiger partial charge in [-0.15, -0.1) is 10.2 Å². The highest BCUT2D eigenvalue weighted by atomic mass is 35.5. The van der Waals surface area contributed by atoms with E-state index in [2.05, 4.69) is 10.2 Å². The average molecular weight is 250 g/mol. The summed E-state index contributed by atoms with van der Waals surface area (Å²) in [5.41, 5.74) is 6.71. The number of anilines is 1. The molecule has 88 valence electrons. The first-order valence-corrected chi connectivity index (χ1v) is 5.55. The lowest BCUT2D eigenvalue weighted by Crippen LogP contribution is -2.06. The van der Waals surface area contributed by atoms with Gasteiger partial charge in [0.25, 0.3) is 0 Å². The molecule has 2 N–H and O–H groups in total. The zero-order valence-electron chi connectivity index (χ0n) is 9.30. The minimum Gasteiger partial charge on any atom is -0.482 e. The minimum atomic E-state index is -0.126. The van der Waals surface area contributed by atoms with E-state index >= 15 is 0 Å². The summed E-state index contributed by atoms with van der Waals surface area (Å²) in [6.07, 6.45) is -0.126. The van der Waals surface area contributed by atoms with Gasteiger partial charge in [0.2, 0.25) is 0 Å². The van der Waals surface area contributed by atoms with Crippen molar-refractivity contribution >= 4 is 17.4 Å². The van der Waals surface area contributed by atoms with E-state index in [0.717, 1.165) is 5.56 Å². The lowest BCUT2D eigenvalue weighted by molar-refractivity contribution is 0.227. The Kier molecular flexibility index (Phi) is 3.44. The molecule has 0 spiro atoms. The Morgan fingerprint density at radius 2 is 1.94 bits per heavy atom. The second-order valence-electron chi connectivity index (χ2n) is 3.59. The predicted octanol–water partition coefficient (Wildman–Crippen LogP) is 2.85. The quantitative estimate of drug-likeness (QED) is 0.909. The highest BCUT2D eigenvalue weighted by Gasteiger charge is 2.10. The van der Waals surface area contributed by atoms with Crippen molar-refractivity contribution < 1.29 is 4.74 Å². The molecule has 5 heteroatoms. The van der Waals surface area contributed by atoms with Gasteiger partial charge in [0, 0.05) is 6.07 Å². The number of nitrogens with zero attached hydrogens (tertiary/aromatic N) is 2. The molecule has 0 saturated carbocycles. The van der Waals surface area contributed by atoms with Gasteiger partial charge in [-0.3, -0.25) is 0 Å². The first-order valence-electron chi connectivity index (χ1n) is 5.17. The molecule has 0 radical (unpaired) electrons. The van der Waals surface area contributed by atoms with Crippen LogP contribution in [-0.2, 0) is 0 Å². The molecule has 1 atom stereocenters. The molecule has 1 heterocycles. The van der Waals surface area contributed by atoms with Crippen LogP contribution in [0.2, 0.25) is 5.15 Å². The van der Waals surface area contributed by atoms with Gasteiger partial charge in [0.15, 0.2) is 16.7 Å². The van der Waals surface area contributed by atoms with E-state index in [9.17, 15) is 0 Å². The van der Waals surface area contributed by atoms with Crippen LogP contribution in [0.1, 0.15) is 18.6 Å². The second kappa shape index (κ2) is 5.01. The Hall–Kier alpha value is -1.81. The fourth-order valence-corrected chi connectivity index (χ4v) is 1.58. The Labute approximate surface area is 104 Å². The third-order valence-electron chi connectivity index (χ3n) is 2.33. The summed E-state index contributed by atoms with van der Waals surface area (Å²) < 4.78 is 5.70. The number of rotatable bonds is 3. The van der Waals surface area contributed by atoms with E-state index in [0.29, 0.717) is 5.75 Å². The summed E-state index contributed by atoms with van der Waals surface area (Å²) in [5, 5.41) is 7.58. The standard InChI is InChI=1S/C12H12ClN3O/c1-8(9-5-3-2-4-6-9)17-10-7-11(13)15-16-12(10)14/h2-8H,1H3,(H2,14,16). The number of nitrogens with two attached hydrogens (primary N) is 1. The van der Waals surface area contributed by atoms with E-state index in [1.807, 2.05) is 37.3 Å². The number of aromatic nitrogens is 2. The predicted molar refractivity (Wildman–Crippen MR) is 66.9 cm³/mol. The fraction of sp³-hybridized carbons (Fsp3) is 0.167. The van der Waals surface area contributed by atoms with Crippen LogP contribution in [0.25, 0.3) is 0 Å². The third kappa shape index (κ3) is 2.85. The zero-order chi connectivity index (χ0) is 12.3. The van der Waals surface area contributed by atoms with E-state index in [-0.39, 0.29) is 17.1 Å². The third-order valence-corrected chi connectivity index (χ3v) is 2.51. The van der Waals surface area contributed by atoms with Gasteiger partial charge in [0.05, 0.1) is 0 Å². The maximum absolute atomic E-state index is 5.74. The molecule has 0 fully saturated rings. The Bertz CT molecular complexity index is 504. The van der Waals surface area contributed by atoms with Crippen LogP contribution >= 0.6 is 11.6 Å². The molecule has 17 heavy (non-hydrogen) atoms. The summed E-state index contributed by atoms with van der Waals surface area (Å²) in [6, 6.07) is 11.4.